The van der Waals surface area contributed by atoms with Crippen LogP contribution in [0.4, 0.5) is 0 Å². The molecule has 16 heavy (non-hydrogen) atoms. The summed E-state index contributed by atoms with van der Waals surface area (Å²) < 4.78 is 0. The quantitative estimate of drug-likeness (QED) is 0.497. The van der Waals surface area contributed by atoms with Crippen LogP contribution in [0.15, 0.2) is 29.4 Å². The van der Waals surface area contributed by atoms with Crippen molar-refractivity contribution in [2.75, 3.05) is 0 Å². The molecule has 1 N–H and O–H groups in total. The maximum atomic E-state index is 11.0. The van der Waals surface area contributed by atoms with Gasteiger partial charge in [-0.1, -0.05) is 28.8 Å². The summed E-state index contributed by atoms with van der Waals surface area (Å²) in [5.41, 5.74) is 8.94. The van der Waals surface area contributed by atoms with Crippen LogP contribution in [0.3, 0.4) is 0 Å². The van der Waals surface area contributed by atoms with E-state index in [4.69, 9.17) is 17.1 Å². The Morgan fingerprint density at radius 3 is 2.50 bits per heavy atom. The third kappa shape index (κ3) is 2.97. The SMILES string of the molecule is CC(=O)[C@@H](O)[C@@H](N=[N+]=[N-])c1ccc(Cl)cc1. The zero-order chi connectivity index (χ0) is 12.1. The summed E-state index contributed by atoms with van der Waals surface area (Å²) in [5, 5.41) is 13.5. The topological polar surface area (TPSA) is 86.1 Å². The molecule has 0 unspecified atom stereocenters. The number of aliphatic hydroxyl groups excluding tert-OH is 1. The first-order valence-electron chi connectivity index (χ1n) is 4.54. The molecule has 0 aromatic heterocycles. The van der Waals surface area contributed by atoms with Crippen molar-refractivity contribution < 1.29 is 9.90 Å². The largest absolute Gasteiger partial charge is 0.385 e. The second-order valence-corrected chi connectivity index (χ2v) is 3.69. The van der Waals surface area contributed by atoms with Gasteiger partial charge in [-0.15, -0.1) is 0 Å². The van der Waals surface area contributed by atoms with Gasteiger partial charge in [-0.2, -0.15) is 0 Å². The molecule has 1 aromatic carbocycles. The minimum atomic E-state index is -1.34. The third-order valence-corrected chi connectivity index (χ3v) is 2.36. The summed E-state index contributed by atoms with van der Waals surface area (Å²) in [6.45, 7) is 1.24. The van der Waals surface area contributed by atoms with Gasteiger partial charge < -0.3 is 5.11 Å². The fourth-order valence-electron chi connectivity index (χ4n) is 1.25. The van der Waals surface area contributed by atoms with Crippen molar-refractivity contribution in [3.05, 3.63) is 45.3 Å². The summed E-state index contributed by atoms with van der Waals surface area (Å²) >= 11 is 5.70. The van der Waals surface area contributed by atoms with Gasteiger partial charge in [-0.3, -0.25) is 4.79 Å². The zero-order valence-electron chi connectivity index (χ0n) is 8.54. The van der Waals surface area contributed by atoms with Crippen molar-refractivity contribution in [2.24, 2.45) is 5.11 Å². The van der Waals surface area contributed by atoms with Crippen LogP contribution in [0.5, 0.6) is 0 Å². The number of azide groups is 1. The van der Waals surface area contributed by atoms with E-state index in [1.807, 2.05) is 0 Å². The molecule has 2 atom stereocenters. The standard InChI is InChI=1S/C10H10ClN3O2/c1-6(15)10(16)9(13-14-12)7-2-4-8(11)5-3-7/h2-5,9-10,16H,1H3/t9-,10+/m0/s1. The highest BCUT2D eigenvalue weighted by atomic mass is 35.5. The Hall–Kier alpha value is -1.55. The monoisotopic (exact) mass is 239 g/mol. The molecule has 5 nitrogen and oxygen atoms in total. The van der Waals surface area contributed by atoms with E-state index in [2.05, 4.69) is 10.0 Å². The number of carbonyl (C=O) groups is 1. The molecule has 0 aliphatic heterocycles. The van der Waals surface area contributed by atoms with E-state index in [0.29, 0.717) is 10.6 Å². The predicted molar refractivity (Wildman–Crippen MR) is 60.0 cm³/mol. The fourth-order valence-corrected chi connectivity index (χ4v) is 1.38. The lowest BCUT2D eigenvalue weighted by Gasteiger charge is -2.15. The lowest BCUT2D eigenvalue weighted by molar-refractivity contribution is -0.125. The summed E-state index contributed by atoms with van der Waals surface area (Å²) in [6.07, 6.45) is -1.34. The molecule has 6 heteroatoms. The summed E-state index contributed by atoms with van der Waals surface area (Å²) in [5.74, 6) is -0.452. The minimum Gasteiger partial charge on any atom is -0.385 e. The van der Waals surface area contributed by atoms with E-state index in [0.717, 1.165) is 0 Å². The first-order chi connectivity index (χ1) is 7.56. The zero-order valence-corrected chi connectivity index (χ0v) is 9.30. The van der Waals surface area contributed by atoms with Crippen LogP contribution in [0.25, 0.3) is 10.4 Å². The highest BCUT2D eigenvalue weighted by Crippen LogP contribution is 2.23. The Kier molecular flexibility index (Phi) is 4.31. The average Bonchev–Trinajstić information content (AvgIpc) is 2.26. The van der Waals surface area contributed by atoms with E-state index in [1.165, 1.54) is 6.92 Å². The van der Waals surface area contributed by atoms with Gasteiger partial charge in [0.15, 0.2) is 5.78 Å². The fraction of sp³-hybridized carbons (Fsp3) is 0.300. The number of ketones is 1. The van der Waals surface area contributed by atoms with Gasteiger partial charge in [0.05, 0.1) is 6.04 Å². The van der Waals surface area contributed by atoms with Gasteiger partial charge in [0.1, 0.15) is 6.10 Å². The molecule has 0 radical (unpaired) electrons. The highest BCUT2D eigenvalue weighted by molar-refractivity contribution is 6.30. The molecule has 0 aliphatic rings. The van der Waals surface area contributed by atoms with Crippen molar-refractivity contribution >= 4 is 17.4 Å². The molecule has 0 saturated carbocycles. The van der Waals surface area contributed by atoms with E-state index in [9.17, 15) is 9.90 Å². The second-order valence-electron chi connectivity index (χ2n) is 3.26. The van der Waals surface area contributed by atoms with Crippen LogP contribution in [-0.2, 0) is 4.79 Å². The van der Waals surface area contributed by atoms with E-state index >= 15 is 0 Å². The highest BCUT2D eigenvalue weighted by Gasteiger charge is 2.23. The molecule has 0 fully saturated rings. The number of halogens is 1. The van der Waals surface area contributed by atoms with Crippen LogP contribution >= 0.6 is 11.6 Å². The summed E-state index contributed by atoms with van der Waals surface area (Å²) in [4.78, 5) is 13.7. The van der Waals surface area contributed by atoms with Gasteiger partial charge in [0.25, 0.3) is 0 Å². The Morgan fingerprint density at radius 2 is 2.06 bits per heavy atom. The first-order valence-corrected chi connectivity index (χ1v) is 4.92. The molecule has 1 aromatic rings. The number of hydrogen-bond donors (Lipinski definition) is 1. The summed E-state index contributed by atoms with van der Waals surface area (Å²) in [7, 11) is 0. The van der Waals surface area contributed by atoms with Crippen LogP contribution < -0.4 is 0 Å². The normalized spacial score (nSPS) is 13.7. The number of rotatable bonds is 4. The number of carbonyl (C=O) groups excluding carboxylic acids is 1. The Morgan fingerprint density at radius 1 is 1.50 bits per heavy atom. The van der Waals surface area contributed by atoms with Gasteiger partial charge in [-0.05, 0) is 30.2 Å². The van der Waals surface area contributed by atoms with Crippen LogP contribution in [0.1, 0.15) is 18.5 Å². The van der Waals surface area contributed by atoms with E-state index in [1.54, 1.807) is 24.3 Å². The van der Waals surface area contributed by atoms with Crippen molar-refractivity contribution in [1.29, 1.82) is 0 Å². The maximum Gasteiger partial charge on any atom is 0.158 e. The van der Waals surface area contributed by atoms with E-state index in [-0.39, 0.29) is 0 Å². The molecule has 0 spiro atoms. The Bertz CT molecular complexity index is 426. The molecular weight excluding hydrogens is 230 g/mol. The lowest BCUT2D eigenvalue weighted by Crippen LogP contribution is -2.24. The minimum absolute atomic E-state index is 0.452. The molecule has 0 saturated heterocycles. The lowest BCUT2D eigenvalue weighted by atomic mass is 10.00. The van der Waals surface area contributed by atoms with Gasteiger partial charge in [0, 0.05) is 9.93 Å². The third-order valence-electron chi connectivity index (χ3n) is 2.10. The smallest absolute Gasteiger partial charge is 0.158 e. The van der Waals surface area contributed by atoms with Crippen LogP contribution in [0.2, 0.25) is 5.02 Å². The van der Waals surface area contributed by atoms with Crippen LogP contribution in [-0.4, -0.2) is 17.0 Å². The Balaban J connectivity index is 3.07. The predicted octanol–water partition coefficient (Wildman–Crippen LogP) is 2.64. The number of nitrogens with zero attached hydrogens (tertiary/aromatic N) is 3. The number of Topliss-reactive ketones (excluding diaryl/α,β-unsaturated/α-hetero) is 1. The van der Waals surface area contributed by atoms with Crippen molar-refractivity contribution in [1.82, 2.24) is 0 Å². The summed E-state index contributed by atoms with van der Waals surface area (Å²) in [6, 6.07) is 5.49. The van der Waals surface area contributed by atoms with Crippen molar-refractivity contribution in [3.8, 4) is 0 Å². The van der Waals surface area contributed by atoms with Gasteiger partial charge in [-0.25, -0.2) is 0 Å². The Labute approximate surface area is 97.3 Å². The van der Waals surface area contributed by atoms with Crippen molar-refractivity contribution in [2.45, 2.75) is 19.1 Å². The number of aliphatic hydroxyl groups is 1. The van der Waals surface area contributed by atoms with Gasteiger partial charge >= 0.3 is 0 Å². The molecular formula is C10H10ClN3O2. The molecule has 0 bridgehead atoms. The first kappa shape index (κ1) is 12.5. The number of benzene rings is 1. The number of hydrogen-bond acceptors (Lipinski definition) is 3. The average molecular weight is 240 g/mol. The molecule has 84 valence electrons. The van der Waals surface area contributed by atoms with Gasteiger partial charge in [0.2, 0.25) is 0 Å². The van der Waals surface area contributed by atoms with E-state index < -0.39 is 17.9 Å². The molecule has 0 aliphatic carbocycles. The second kappa shape index (κ2) is 5.51. The maximum absolute atomic E-state index is 11.0. The molecule has 0 heterocycles. The molecule has 1 rings (SSSR count). The van der Waals surface area contributed by atoms with Crippen molar-refractivity contribution in [3.63, 3.8) is 0 Å². The molecule has 0 amide bonds. The van der Waals surface area contributed by atoms with Crippen LogP contribution in [0, 0.1) is 0 Å².